The highest BCUT2D eigenvalue weighted by Gasteiger charge is 2.28. The lowest BCUT2D eigenvalue weighted by Crippen LogP contribution is -2.31. The van der Waals surface area contributed by atoms with Gasteiger partial charge in [0.1, 0.15) is 5.78 Å². The minimum Gasteiger partial charge on any atom is -0.351 e. The Bertz CT molecular complexity index is 640. The van der Waals surface area contributed by atoms with Gasteiger partial charge in [0.05, 0.1) is 15.9 Å². The van der Waals surface area contributed by atoms with Crippen LogP contribution in [0.25, 0.3) is 0 Å². The SMILES string of the molecule is CS(=O)(=O)c1cccc(CNC(=O)C2CC(=O)CS2)c1. The zero-order valence-electron chi connectivity index (χ0n) is 11.0. The molecule has 1 amide bonds. The number of hydrogen-bond acceptors (Lipinski definition) is 5. The Balaban J connectivity index is 1.97. The first kappa shape index (κ1) is 15.1. The van der Waals surface area contributed by atoms with Gasteiger partial charge in [0.15, 0.2) is 9.84 Å². The Labute approximate surface area is 122 Å². The summed E-state index contributed by atoms with van der Waals surface area (Å²) in [5.74, 6) is 0.307. The molecule has 1 aromatic rings. The molecule has 0 bridgehead atoms. The standard InChI is InChI=1S/C13H15NO4S2/c1-20(17,18)11-4-2-3-9(5-11)7-14-13(16)12-6-10(15)8-19-12/h2-5,12H,6-8H2,1H3,(H,14,16). The smallest absolute Gasteiger partial charge is 0.233 e. The third kappa shape index (κ3) is 3.83. The molecule has 1 aliphatic rings. The lowest BCUT2D eigenvalue weighted by atomic mass is 10.2. The van der Waals surface area contributed by atoms with E-state index in [1.807, 2.05) is 0 Å². The Hall–Kier alpha value is -1.34. The minimum atomic E-state index is -3.25. The number of hydrogen-bond donors (Lipinski definition) is 1. The van der Waals surface area contributed by atoms with E-state index in [-0.39, 0.29) is 34.8 Å². The predicted octanol–water partition coefficient (Wildman–Crippen LogP) is 0.781. The van der Waals surface area contributed by atoms with Gasteiger partial charge in [-0.05, 0) is 17.7 Å². The summed E-state index contributed by atoms with van der Waals surface area (Å²) in [6, 6.07) is 6.46. The van der Waals surface area contributed by atoms with Crippen LogP contribution in [0.5, 0.6) is 0 Å². The van der Waals surface area contributed by atoms with Crippen molar-refractivity contribution in [2.45, 2.75) is 23.1 Å². The third-order valence-electron chi connectivity index (χ3n) is 2.94. The molecule has 1 fully saturated rings. The fraction of sp³-hybridized carbons (Fsp3) is 0.385. The van der Waals surface area contributed by atoms with Gasteiger partial charge >= 0.3 is 0 Å². The van der Waals surface area contributed by atoms with Gasteiger partial charge in [0.2, 0.25) is 5.91 Å². The maximum atomic E-state index is 11.8. The van der Waals surface area contributed by atoms with E-state index in [0.29, 0.717) is 5.75 Å². The van der Waals surface area contributed by atoms with E-state index in [1.165, 1.54) is 17.8 Å². The first-order valence-corrected chi connectivity index (χ1v) is 9.00. The number of carbonyl (C=O) groups excluding carboxylic acids is 2. The summed E-state index contributed by atoms with van der Waals surface area (Å²) >= 11 is 1.34. The van der Waals surface area contributed by atoms with Crippen molar-refractivity contribution in [2.75, 3.05) is 12.0 Å². The number of thioether (sulfide) groups is 1. The minimum absolute atomic E-state index is 0.0919. The molecule has 1 aliphatic heterocycles. The number of rotatable bonds is 4. The van der Waals surface area contributed by atoms with Crippen LogP contribution in [0.2, 0.25) is 0 Å². The highest BCUT2D eigenvalue weighted by molar-refractivity contribution is 8.01. The quantitative estimate of drug-likeness (QED) is 0.888. The highest BCUT2D eigenvalue weighted by atomic mass is 32.2. The Morgan fingerprint density at radius 1 is 1.45 bits per heavy atom. The second-order valence-corrected chi connectivity index (χ2v) is 7.89. The molecule has 108 valence electrons. The lowest BCUT2D eigenvalue weighted by Gasteiger charge is -2.10. The average Bonchev–Trinajstić information content (AvgIpc) is 2.82. The summed E-state index contributed by atoms with van der Waals surface area (Å²) in [7, 11) is -3.25. The molecule has 0 spiro atoms. The fourth-order valence-electron chi connectivity index (χ4n) is 1.88. The number of nitrogens with one attached hydrogen (secondary N) is 1. The van der Waals surface area contributed by atoms with Crippen molar-refractivity contribution in [3.8, 4) is 0 Å². The number of carbonyl (C=O) groups is 2. The predicted molar refractivity (Wildman–Crippen MR) is 77.3 cm³/mol. The van der Waals surface area contributed by atoms with Crippen LogP contribution in [0.4, 0.5) is 0 Å². The van der Waals surface area contributed by atoms with E-state index in [1.54, 1.807) is 18.2 Å². The highest BCUT2D eigenvalue weighted by Crippen LogP contribution is 2.23. The van der Waals surface area contributed by atoms with Crippen LogP contribution in [0.3, 0.4) is 0 Å². The summed E-state index contributed by atoms with van der Waals surface area (Å²) in [5, 5.41) is 2.41. The van der Waals surface area contributed by atoms with Crippen LogP contribution >= 0.6 is 11.8 Å². The van der Waals surface area contributed by atoms with E-state index < -0.39 is 9.84 Å². The number of amides is 1. The van der Waals surface area contributed by atoms with Gasteiger partial charge in [0, 0.05) is 19.2 Å². The maximum Gasteiger partial charge on any atom is 0.233 e. The zero-order valence-corrected chi connectivity index (χ0v) is 12.6. The molecule has 0 aromatic heterocycles. The van der Waals surface area contributed by atoms with Gasteiger partial charge in [-0.15, -0.1) is 11.8 Å². The van der Waals surface area contributed by atoms with E-state index in [2.05, 4.69) is 5.32 Å². The van der Waals surface area contributed by atoms with Crippen molar-refractivity contribution < 1.29 is 18.0 Å². The van der Waals surface area contributed by atoms with Crippen LogP contribution in [-0.4, -0.2) is 37.4 Å². The second-order valence-electron chi connectivity index (χ2n) is 4.68. The largest absolute Gasteiger partial charge is 0.351 e. The molecule has 20 heavy (non-hydrogen) atoms. The molecule has 2 rings (SSSR count). The monoisotopic (exact) mass is 313 g/mol. The average molecular weight is 313 g/mol. The second kappa shape index (κ2) is 5.97. The molecule has 0 saturated carbocycles. The molecule has 7 heteroatoms. The number of sulfone groups is 1. The topological polar surface area (TPSA) is 80.3 Å². The van der Waals surface area contributed by atoms with E-state index in [0.717, 1.165) is 11.8 Å². The van der Waals surface area contributed by atoms with Gasteiger partial charge < -0.3 is 5.32 Å². The van der Waals surface area contributed by atoms with Crippen LogP contribution in [-0.2, 0) is 26.0 Å². The van der Waals surface area contributed by atoms with Crippen molar-refractivity contribution >= 4 is 33.3 Å². The van der Waals surface area contributed by atoms with Crippen LogP contribution in [0, 0.1) is 0 Å². The molecule has 1 unspecified atom stereocenters. The van der Waals surface area contributed by atoms with Gasteiger partial charge in [-0.25, -0.2) is 8.42 Å². The van der Waals surface area contributed by atoms with Gasteiger partial charge in [0.25, 0.3) is 0 Å². The molecule has 5 nitrogen and oxygen atoms in total. The molecule has 0 aliphatic carbocycles. The van der Waals surface area contributed by atoms with Crippen molar-refractivity contribution in [3.63, 3.8) is 0 Å². The summed E-state index contributed by atoms with van der Waals surface area (Å²) < 4.78 is 22.9. The van der Waals surface area contributed by atoms with Gasteiger partial charge in [-0.2, -0.15) is 0 Å². The molecule has 1 atom stereocenters. The molecular formula is C13H15NO4S2. The van der Waals surface area contributed by atoms with Crippen LogP contribution in [0.1, 0.15) is 12.0 Å². The van der Waals surface area contributed by atoms with Crippen molar-refractivity contribution in [3.05, 3.63) is 29.8 Å². The normalized spacial score (nSPS) is 19.1. The number of Topliss-reactive ketones (excluding diaryl/α,β-unsaturated/α-hetero) is 1. The zero-order chi connectivity index (χ0) is 14.8. The first-order chi connectivity index (χ1) is 9.36. The Morgan fingerprint density at radius 3 is 2.80 bits per heavy atom. The maximum absolute atomic E-state index is 11.8. The summed E-state index contributed by atoms with van der Waals surface area (Å²) in [5.41, 5.74) is 0.718. The molecule has 1 heterocycles. The Kier molecular flexibility index (Phi) is 4.49. The van der Waals surface area contributed by atoms with Gasteiger partial charge in [-0.3, -0.25) is 9.59 Å². The molecule has 1 aromatic carbocycles. The number of ketones is 1. The molecule has 1 N–H and O–H groups in total. The van der Waals surface area contributed by atoms with E-state index in [4.69, 9.17) is 0 Å². The Morgan fingerprint density at radius 2 is 2.20 bits per heavy atom. The molecular weight excluding hydrogens is 298 g/mol. The van der Waals surface area contributed by atoms with Crippen molar-refractivity contribution in [1.82, 2.24) is 5.32 Å². The van der Waals surface area contributed by atoms with Gasteiger partial charge in [-0.1, -0.05) is 12.1 Å². The summed E-state index contributed by atoms with van der Waals surface area (Å²) in [6.45, 7) is 0.257. The molecule has 0 radical (unpaired) electrons. The summed E-state index contributed by atoms with van der Waals surface area (Å²) in [4.78, 5) is 23.2. The first-order valence-electron chi connectivity index (χ1n) is 6.06. The van der Waals surface area contributed by atoms with Crippen molar-refractivity contribution in [1.29, 1.82) is 0 Å². The van der Waals surface area contributed by atoms with E-state index in [9.17, 15) is 18.0 Å². The molecule has 1 saturated heterocycles. The van der Waals surface area contributed by atoms with Crippen LogP contribution in [0.15, 0.2) is 29.2 Å². The van der Waals surface area contributed by atoms with Crippen LogP contribution < -0.4 is 5.32 Å². The number of benzene rings is 1. The summed E-state index contributed by atoms with van der Waals surface area (Å²) in [6.07, 6.45) is 1.42. The fourth-order valence-corrected chi connectivity index (χ4v) is 3.61. The van der Waals surface area contributed by atoms with E-state index >= 15 is 0 Å². The lowest BCUT2D eigenvalue weighted by molar-refractivity contribution is -0.123. The van der Waals surface area contributed by atoms with Crippen molar-refractivity contribution in [2.24, 2.45) is 0 Å². The third-order valence-corrected chi connectivity index (χ3v) is 5.33.